The summed E-state index contributed by atoms with van der Waals surface area (Å²) in [7, 11) is 0. The molecule has 8 aromatic heterocycles. The minimum atomic E-state index is -0.227. The Hall–Kier alpha value is -7.60. The summed E-state index contributed by atoms with van der Waals surface area (Å²) in [4.78, 5) is 52.8. The van der Waals surface area contributed by atoms with Gasteiger partial charge in [-0.3, -0.25) is 18.7 Å². The fourth-order valence-electron chi connectivity index (χ4n) is 7.03. The van der Waals surface area contributed by atoms with Gasteiger partial charge in [-0.1, -0.05) is 42.5 Å². The average Bonchev–Trinajstić information content (AvgIpc) is 3.87. The van der Waals surface area contributed by atoms with Gasteiger partial charge in [0.25, 0.3) is 11.1 Å². The highest BCUT2D eigenvalue weighted by atomic mass is 16.1. The van der Waals surface area contributed by atoms with E-state index in [9.17, 15) is 9.59 Å². The molecule has 0 atom stereocenters. The van der Waals surface area contributed by atoms with E-state index in [1.54, 1.807) is 34.1 Å². The lowest BCUT2D eigenvalue weighted by molar-refractivity contribution is 0.775. The van der Waals surface area contributed by atoms with Crippen LogP contribution in [0.2, 0.25) is 0 Å². The maximum atomic E-state index is 13.1. The molecule has 8 heterocycles. The summed E-state index contributed by atoms with van der Waals surface area (Å²) in [6.07, 6.45) is 15.7. The monoisotopic (exact) mass is 704 g/mol. The van der Waals surface area contributed by atoms with Gasteiger partial charge in [-0.2, -0.15) is 0 Å². The summed E-state index contributed by atoms with van der Waals surface area (Å²) in [6.45, 7) is 0.711. The van der Waals surface area contributed by atoms with Gasteiger partial charge in [0.1, 0.15) is 16.7 Å². The second-order valence-corrected chi connectivity index (χ2v) is 13.1. The van der Waals surface area contributed by atoms with Crippen molar-refractivity contribution in [2.45, 2.75) is 13.1 Å². The van der Waals surface area contributed by atoms with Crippen LogP contribution < -0.4 is 11.1 Å². The van der Waals surface area contributed by atoms with E-state index < -0.39 is 0 Å². The number of benzene rings is 2. The summed E-state index contributed by atoms with van der Waals surface area (Å²) >= 11 is 0. The van der Waals surface area contributed by atoms with Crippen molar-refractivity contribution >= 4 is 33.5 Å². The summed E-state index contributed by atoms with van der Waals surface area (Å²) in [5.74, 6) is 0. The first kappa shape index (κ1) is 31.2. The van der Waals surface area contributed by atoms with Crippen LogP contribution in [0.3, 0.4) is 0 Å². The SMILES string of the molecule is O=c1cnc2cccnc2n1Cc1cccc(-c2ccc3c(-c4cnc5c(c4)ncc(=O)n5Cc4cccc(-c5ccc6nccn6c5)c4)ncn3c2)c1. The van der Waals surface area contributed by atoms with Gasteiger partial charge >= 0.3 is 0 Å². The number of aromatic nitrogens is 10. The molecule has 0 saturated heterocycles. The predicted octanol–water partition coefficient (Wildman–Crippen LogP) is 6.29. The molecule has 10 rings (SSSR count). The number of pyridine rings is 4. The Balaban J connectivity index is 0.936. The Kier molecular flexibility index (Phi) is 7.25. The second-order valence-electron chi connectivity index (χ2n) is 13.1. The molecular formula is C42H28N10O2. The molecule has 12 nitrogen and oxygen atoms in total. The average molecular weight is 705 g/mol. The number of fused-ring (bicyclic) bond motifs is 4. The minimum Gasteiger partial charge on any atom is -0.306 e. The second kappa shape index (κ2) is 12.6. The number of imidazole rings is 2. The largest absolute Gasteiger partial charge is 0.306 e. The van der Waals surface area contributed by atoms with Crippen molar-refractivity contribution in [3.05, 3.63) is 179 Å². The van der Waals surface area contributed by atoms with Gasteiger partial charge in [0.05, 0.1) is 43.0 Å². The van der Waals surface area contributed by atoms with E-state index in [-0.39, 0.29) is 11.1 Å². The van der Waals surface area contributed by atoms with Gasteiger partial charge in [-0.05, 0) is 81.9 Å². The lowest BCUT2D eigenvalue weighted by Gasteiger charge is -2.11. The fourth-order valence-corrected chi connectivity index (χ4v) is 7.03. The normalized spacial score (nSPS) is 11.6. The van der Waals surface area contributed by atoms with E-state index >= 15 is 0 Å². The first-order valence-electron chi connectivity index (χ1n) is 17.3. The molecule has 0 fully saturated rings. The fraction of sp³-hybridized carbons (Fsp3) is 0.0476. The third-order valence-corrected chi connectivity index (χ3v) is 9.68. The molecule has 0 aliphatic rings. The first-order valence-corrected chi connectivity index (χ1v) is 17.3. The van der Waals surface area contributed by atoms with Crippen molar-refractivity contribution in [2.24, 2.45) is 0 Å². The van der Waals surface area contributed by atoms with Crippen LogP contribution in [0.25, 0.3) is 67.0 Å². The van der Waals surface area contributed by atoms with Crippen LogP contribution in [0, 0.1) is 0 Å². The van der Waals surface area contributed by atoms with Crippen molar-refractivity contribution < 1.29 is 0 Å². The van der Waals surface area contributed by atoms with Crippen molar-refractivity contribution in [1.29, 1.82) is 0 Å². The molecule has 0 bridgehead atoms. The third kappa shape index (κ3) is 5.49. The van der Waals surface area contributed by atoms with E-state index in [1.807, 2.05) is 94.1 Å². The zero-order valence-corrected chi connectivity index (χ0v) is 28.6. The van der Waals surface area contributed by atoms with Crippen LogP contribution in [0.5, 0.6) is 0 Å². The topological polar surface area (TPSA) is 130 Å². The van der Waals surface area contributed by atoms with Gasteiger partial charge in [-0.15, -0.1) is 0 Å². The summed E-state index contributed by atoms with van der Waals surface area (Å²) in [5, 5.41) is 0. The molecule has 0 unspecified atom stereocenters. The molecule has 0 saturated carbocycles. The highest BCUT2D eigenvalue weighted by Crippen LogP contribution is 2.29. The van der Waals surface area contributed by atoms with Crippen LogP contribution in [0.1, 0.15) is 11.1 Å². The van der Waals surface area contributed by atoms with Crippen LogP contribution in [0.15, 0.2) is 156 Å². The number of hydrogen-bond donors (Lipinski definition) is 0. The number of nitrogens with zero attached hydrogens (tertiary/aromatic N) is 10. The standard InChI is InChI=1S/C42H28N10O2/c53-38-20-45-34-8-3-13-44-41(34)51(38)22-27-4-1-6-29(16-27)31-9-11-36-40(48-26-50(36)25-31)33-18-35-42(47-19-33)52(39(54)21-46-35)23-28-5-2-7-30(17-28)32-10-12-37-43-14-15-49(37)24-32/h1-21,24-26H,22-23H2. The molecule has 10 aromatic rings. The molecule has 258 valence electrons. The van der Waals surface area contributed by atoms with E-state index in [2.05, 4.69) is 44.2 Å². The zero-order valence-electron chi connectivity index (χ0n) is 28.6. The summed E-state index contributed by atoms with van der Waals surface area (Å²) < 4.78 is 7.26. The van der Waals surface area contributed by atoms with Crippen LogP contribution >= 0.6 is 0 Å². The molecule has 0 radical (unpaired) electrons. The van der Waals surface area contributed by atoms with Crippen LogP contribution in [-0.4, -0.2) is 47.8 Å². The Morgan fingerprint density at radius 1 is 0.500 bits per heavy atom. The highest BCUT2D eigenvalue weighted by Gasteiger charge is 2.14. The molecule has 0 aliphatic carbocycles. The Labute approximate surface area is 306 Å². The molecular weight excluding hydrogens is 677 g/mol. The van der Waals surface area contributed by atoms with Crippen molar-refractivity contribution in [1.82, 2.24) is 47.8 Å². The first-order chi connectivity index (χ1) is 26.5. The lowest BCUT2D eigenvalue weighted by Crippen LogP contribution is -2.21. The van der Waals surface area contributed by atoms with Crippen molar-refractivity contribution in [3.8, 4) is 33.5 Å². The summed E-state index contributed by atoms with van der Waals surface area (Å²) in [5.41, 5.74) is 11.2. The van der Waals surface area contributed by atoms with E-state index in [1.165, 1.54) is 12.4 Å². The molecule has 0 N–H and O–H groups in total. The third-order valence-electron chi connectivity index (χ3n) is 9.68. The van der Waals surface area contributed by atoms with E-state index in [4.69, 9.17) is 9.97 Å². The number of hydrogen-bond acceptors (Lipinski definition) is 8. The minimum absolute atomic E-state index is 0.202. The predicted molar refractivity (Wildman–Crippen MR) is 206 cm³/mol. The maximum Gasteiger partial charge on any atom is 0.270 e. The highest BCUT2D eigenvalue weighted by molar-refractivity contribution is 5.84. The Bertz CT molecular complexity index is 3190. The molecule has 0 aliphatic heterocycles. The molecule has 0 spiro atoms. The quantitative estimate of drug-likeness (QED) is 0.189. The van der Waals surface area contributed by atoms with Gasteiger partial charge in [0.2, 0.25) is 0 Å². The molecule has 54 heavy (non-hydrogen) atoms. The molecule has 2 aromatic carbocycles. The van der Waals surface area contributed by atoms with Gasteiger partial charge < -0.3 is 8.80 Å². The van der Waals surface area contributed by atoms with Gasteiger partial charge in [0.15, 0.2) is 11.3 Å². The zero-order chi connectivity index (χ0) is 36.2. The van der Waals surface area contributed by atoms with Crippen LogP contribution in [0.4, 0.5) is 0 Å². The van der Waals surface area contributed by atoms with Crippen LogP contribution in [-0.2, 0) is 13.1 Å². The van der Waals surface area contributed by atoms with E-state index in [0.717, 1.165) is 55.8 Å². The maximum absolute atomic E-state index is 13.1. The van der Waals surface area contributed by atoms with Gasteiger partial charge in [-0.25, -0.2) is 29.9 Å². The Morgan fingerprint density at radius 3 is 1.94 bits per heavy atom. The smallest absolute Gasteiger partial charge is 0.270 e. The lowest BCUT2D eigenvalue weighted by atomic mass is 10.0. The van der Waals surface area contributed by atoms with E-state index in [0.29, 0.717) is 35.4 Å². The number of rotatable bonds is 7. The van der Waals surface area contributed by atoms with Crippen molar-refractivity contribution in [3.63, 3.8) is 0 Å². The van der Waals surface area contributed by atoms with Gasteiger partial charge in [0, 0.05) is 42.7 Å². The Morgan fingerprint density at radius 2 is 1.19 bits per heavy atom. The molecule has 0 amide bonds. The molecule has 12 heteroatoms. The van der Waals surface area contributed by atoms with Crippen molar-refractivity contribution in [2.75, 3.05) is 0 Å². The summed E-state index contributed by atoms with van der Waals surface area (Å²) in [6, 6.07) is 30.0.